The molecule has 1 aromatic carbocycles. The highest BCUT2D eigenvalue weighted by Gasteiger charge is 2.20. The maximum atomic E-state index is 8.96. The van der Waals surface area contributed by atoms with E-state index in [2.05, 4.69) is 74.1 Å². The maximum absolute atomic E-state index is 8.96. The van der Waals surface area contributed by atoms with Gasteiger partial charge in [0.15, 0.2) is 0 Å². The Labute approximate surface area is 182 Å². The Morgan fingerprint density at radius 1 is 0.903 bits per heavy atom. The molecule has 1 fully saturated rings. The van der Waals surface area contributed by atoms with E-state index in [0.29, 0.717) is 13.0 Å². The lowest BCUT2D eigenvalue weighted by molar-refractivity contribution is 0.653. The third kappa shape index (κ3) is 3.82. The molecular weight excluding hydrogens is 384 g/mol. The minimum absolute atomic E-state index is 0.505. The normalized spacial score (nSPS) is 14.0. The predicted octanol–water partition coefficient (Wildman–Crippen LogP) is 4.34. The third-order valence-electron chi connectivity index (χ3n) is 5.95. The first-order valence-corrected chi connectivity index (χ1v) is 10.6. The van der Waals surface area contributed by atoms with Gasteiger partial charge in [-0.15, -0.1) is 0 Å². The number of anilines is 2. The van der Waals surface area contributed by atoms with E-state index in [-0.39, 0.29) is 0 Å². The van der Waals surface area contributed by atoms with Crippen LogP contribution in [0.15, 0.2) is 73.3 Å². The molecule has 0 unspecified atom stereocenters. The number of hydrogen-bond acceptors (Lipinski definition) is 5. The van der Waals surface area contributed by atoms with Crippen molar-refractivity contribution in [2.45, 2.75) is 13.0 Å². The zero-order valence-corrected chi connectivity index (χ0v) is 17.4. The molecule has 4 heterocycles. The van der Waals surface area contributed by atoms with E-state index in [1.807, 2.05) is 24.7 Å². The monoisotopic (exact) mass is 408 g/mol. The van der Waals surface area contributed by atoms with Gasteiger partial charge >= 0.3 is 0 Å². The minimum atomic E-state index is 0.505. The Bertz CT molecular complexity index is 1220. The highest BCUT2D eigenvalue weighted by atomic mass is 15.3. The summed E-state index contributed by atoms with van der Waals surface area (Å²) >= 11 is 0. The van der Waals surface area contributed by atoms with Gasteiger partial charge in [-0.3, -0.25) is 9.97 Å². The van der Waals surface area contributed by atoms with Crippen LogP contribution in [0.1, 0.15) is 6.42 Å². The van der Waals surface area contributed by atoms with Crippen LogP contribution in [0.4, 0.5) is 11.4 Å². The van der Waals surface area contributed by atoms with Crippen molar-refractivity contribution in [2.75, 3.05) is 36.0 Å². The molecule has 0 bridgehead atoms. The first kappa shape index (κ1) is 19.1. The quantitative estimate of drug-likeness (QED) is 0.492. The number of hydrogen-bond donors (Lipinski definition) is 0. The molecule has 154 valence electrons. The van der Waals surface area contributed by atoms with Crippen molar-refractivity contribution in [3.63, 3.8) is 0 Å². The van der Waals surface area contributed by atoms with E-state index < -0.39 is 0 Å². The van der Waals surface area contributed by atoms with Crippen molar-refractivity contribution in [1.82, 2.24) is 14.5 Å². The molecule has 0 radical (unpaired) electrons. The Hall–Kier alpha value is -3.85. The molecular formula is C25H24N6. The number of piperazine rings is 1. The molecule has 0 N–H and O–H groups in total. The van der Waals surface area contributed by atoms with E-state index in [1.54, 1.807) is 0 Å². The van der Waals surface area contributed by atoms with Gasteiger partial charge in [0.1, 0.15) is 0 Å². The molecule has 6 nitrogen and oxygen atoms in total. The number of fused-ring (bicyclic) bond motifs is 1. The van der Waals surface area contributed by atoms with E-state index in [4.69, 9.17) is 10.2 Å². The number of aryl methyl sites for hydroxylation is 1. The van der Waals surface area contributed by atoms with Gasteiger partial charge in [-0.1, -0.05) is 12.1 Å². The zero-order chi connectivity index (χ0) is 21.0. The Kier molecular flexibility index (Phi) is 5.24. The van der Waals surface area contributed by atoms with Crippen LogP contribution in [0, 0.1) is 11.3 Å². The molecule has 6 heteroatoms. The van der Waals surface area contributed by atoms with Gasteiger partial charge in [0.2, 0.25) is 0 Å². The summed E-state index contributed by atoms with van der Waals surface area (Å²) in [4.78, 5) is 13.7. The fourth-order valence-electron chi connectivity index (χ4n) is 4.33. The average Bonchev–Trinajstić information content (AvgIpc) is 3.25. The second-order valence-corrected chi connectivity index (χ2v) is 7.74. The van der Waals surface area contributed by atoms with Gasteiger partial charge in [-0.05, 0) is 41.8 Å². The minimum Gasteiger partial charge on any atom is -0.368 e. The smallest absolute Gasteiger partial charge is 0.0936 e. The fraction of sp³-hybridized carbons (Fsp3) is 0.240. The Morgan fingerprint density at radius 3 is 2.52 bits per heavy atom. The van der Waals surface area contributed by atoms with Crippen molar-refractivity contribution < 1.29 is 0 Å². The van der Waals surface area contributed by atoms with Gasteiger partial charge < -0.3 is 14.4 Å². The summed E-state index contributed by atoms with van der Waals surface area (Å²) < 4.78 is 2.15. The summed E-state index contributed by atoms with van der Waals surface area (Å²) in [7, 11) is 0. The van der Waals surface area contributed by atoms with Crippen LogP contribution in [-0.2, 0) is 6.54 Å². The molecule has 1 aliphatic rings. The van der Waals surface area contributed by atoms with Crippen molar-refractivity contribution in [3.05, 3.63) is 73.3 Å². The highest BCUT2D eigenvalue weighted by molar-refractivity contribution is 5.87. The molecule has 0 atom stereocenters. The molecule has 1 aliphatic heterocycles. The van der Waals surface area contributed by atoms with Gasteiger partial charge in [0.25, 0.3) is 0 Å². The second-order valence-electron chi connectivity index (χ2n) is 7.74. The van der Waals surface area contributed by atoms with Crippen LogP contribution in [-0.4, -0.2) is 40.7 Å². The van der Waals surface area contributed by atoms with Crippen LogP contribution in [0.3, 0.4) is 0 Å². The van der Waals surface area contributed by atoms with Crippen molar-refractivity contribution in [3.8, 4) is 17.3 Å². The number of aromatic nitrogens is 3. The molecule has 0 spiro atoms. The summed E-state index contributed by atoms with van der Waals surface area (Å²) in [6, 6.07) is 19.2. The summed E-state index contributed by atoms with van der Waals surface area (Å²) in [5, 5.41) is 10.1. The van der Waals surface area contributed by atoms with E-state index in [1.165, 1.54) is 16.8 Å². The van der Waals surface area contributed by atoms with Crippen LogP contribution in [0.25, 0.3) is 22.2 Å². The van der Waals surface area contributed by atoms with Gasteiger partial charge in [-0.2, -0.15) is 5.26 Å². The summed E-state index contributed by atoms with van der Waals surface area (Å²) in [6.07, 6.45) is 8.13. The number of nitrogens with zero attached hydrogens (tertiary/aromatic N) is 6. The SMILES string of the molecule is N#CCCn1ccc2ccc(-c3ncccc3N3CCN(c4ccncc4)CC3)cc21. The number of nitriles is 1. The van der Waals surface area contributed by atoms with Crippen LogP contribution < -0.4 is 9.80 Å². The van der Waals surface area contributed by atoms with Crippen molar-refractivity contribution in [2.24, 2.45) is 0 Å². The number of rotatable bonds is 5. The van der Waals surface area contributed by atoms with Crippen LogP contribution in [0.2, 0.25) is 0 Å². The first-order chi connectivity index (χ1) is 15.3. The topological polar surface area (TPSA) is 61.0 Å². The lowest BCUT2D eigenvalue weighted by Crippen LogP contribution is -2.46. The van der Waals surface area contributed by atoms with E-state index in [9.17, 15) is 0 Å². The molecule has 4 aromatic rings. The van der Waals surface area contributed by atoms with Crippen LogP contribution >= 0.6 is 0 Å². The summed E-state index contributed by atoms with van der Waals surface area (Å²) in [5.74, 6) is 0. The lowest BCUT2D eigenvalue weighted by atomic mass is 10.1. The zero-order valence-electron chi connectivity index (χ0n) is 17.4. The maximum Gasteiger partial charge on any atom is 0.0936 e. The largest absolute Gasteiger partial charge is 0.368 e. The molecule has 3 aromatic heterocycles. The van der Waals surface area contributed by atoms with Crippen LogP contribution in [0.5, 0.6) is 0 Å². The van der Waals surface area contributed by atoms with Gasteiger partial charge in [-0.25, -0.2) is 0 Å². The molecule has 5 rings (SSSR count). The number of pyridine rings is 2. The third-order valence-corrected chi connectivity index (χ3v) is 5.95. The lowest BCUT2D eigenvalue weighted by Gasteiger charge is -2.37. The fourth-order valence-corrected chi connectivity index (χ4v) is 4.33. The highest BCUT2D eigenvalue weighted by Crippen LogP contribution is 2.32. The summed E-state index contributed by atoms with van der Waals surface area (Å²) in [5.41, 5.74) is 5.66. The molecule has 0 saturated carbocycles. The molecule has 31 heavy (non-hydrogen) atoms. The summed E-state index contributed by atoms with van der Waals surface area (Å²) in [6.45, 7) is 4.53. The Balaban J connectivity index is 1.42. The Morgan fingerprint density at radius 2 is 1.71 bits per heavy atom. The first-order valence-electron chi connectivity index (χ1n) is 10.6. The van der Waals surface area contributed by atoms with E-state index >= 15 is 0 Å². The number of benzene rings is 1. The standard InChI is InChI=1S/C25H24N6/c26-9-2-13-30-14-8-20-4-5-21(19-24(20)30)25-23(3-1-10-28-25)31-17-15-29(16-18-31)22-6-11-27-12-7-22/h1,3-8,10-12,14,19H,2,13,15-18H2. The molecule has 0 aliphatic carbocycles. The van der Waals surface area contributed by atoms with Gasteiger partial charge in [0, 0.05) is 74.3 Å². The predicted molar refractivity (Wildman–Crippen MR) is 124 cm³/mol. The molecule has 1 saturated heterocycles. The molecule has 0 amide bonds. The second kappa shape index (κ2) is 8.49. The van der Waals surface area contributed by atoms with Crippen molar-refractivity contribution >= 4 is 22.3 Å². The van der Waals surface area contributed by atoms with Gasteiger partial charge in [0.05, 0.1) is 23.9 Å². The average molecular weight is 409 g/mol. The van der Waals surface area contributed by atoms with E-state index in [0.717, 1.165) is 43.0 Å². The van der Waals surface area contributed by atoms with Crippen molar-refractivity contribution in [1.29, 1.82) is 5.26 Å².